The van der Waals surface area contributed by atoms with E-state index < -0.39 is 0 Å². The molecule has 1 aliphatic rings. The molecule has 0 unspecified atom stereocenters. The Balaban J connectivity index is 1.67. The van der Waals surface area contributed by atoms with E-state index in [1.807, 2.05) is 22.8 Å². The second-order valence-electron chi connectivity index (χ2n) is 6.21. The molecule has 0 radical (unpaired) electrons. The highest BCUT2D eigenvalue weighted by atomic mass is 32.2. The summed E-state index contributed by atoms with van der Waals surface area (Å²) in [6, 6.07) is 10.4. The van der Waals surface area contributed by atoms with Crippen LogP contribution in [0.15, 0.2) is 42.9 Å². The van der Waals surface area contributed by atoms with Gasteiger partial charge in [-0.05, 0) is 31.2 Å². The van der Waals surface area contributed by atoms with Gasteiger partial charge >= 0.3 is 0 Å². The molecule has 0 bridgehead atoms. The van der Waals surface area contributed by atoms with Crippen LogP contribution in [0.3, 0.4) is 0 Å². The molecule has 0 aliphatic heterocycles. The van der Waals surface area contributed by atoms with Crippen molar-refractivity contribution in [2.24, 2.45) is 5.92 Å². The lowest BCUT2D eigenvalue weighted by molar-refractivity contribution is 0.101. The number of benzene rings is 1. The van der Waals surface area contributed by atoms with Crippen LogP contribution >= 0.6 is 11.8 Å². The fourth-order valence-corrected chi connectivity index (χ4v) is 4.42. The average molecular weight is 314 g/mol. The van der Waals surface area contributed by atoms with E-state index in [-0.39, 0.29) is 11.8 Å². The van der Waals surface area contributed by atoms with Crippen molar-refractivity contribution in [2.45, 2.75) is 38.0 Å². The van der Waals surface area contributed by atoms with Gasteiger partial charge in [0.05, 0.1) is 24.3 Å². The Morgan fingerprint density at radius 3 is 2.77 bits per heavy atom. The fraction of sp³-hybridized carbons (Fsp3) is 0.444. The molecule has 2 aromatic rings. The molecule has 0 spiro atoms. The van der Waals surface area contributed by atoms with Gasteiger partial charge in [-0.2, -0.15) is 11.8 Å². The third-order valence-electron chi connectivity index (χ3n) is 4.43. The summed E-state index contributed by atoms with van der Waals surface area (Å²) in [4.78, 5) is 16.7. The molecule has 1 atom stereocenters. The zero-order valence-electron chi connectivity index (χ0n) is 13.1. The van der Waals surface area contributed by atoms with Crippen LogP contribution in [0.5, 0.6) is 0 Å². The van der Waals surface area contributed by atoms with Crippen LogP contribution in [0.4, 0.5) is 0 Å². The van der Waals surface area contributed by atoms with E-state index in [0.717, 1.165) is 11.6 Å². The van der Waals surface area contributed by atoms with Crippen molar-refractivity contribution in [3.8, 4) is 0 Å². The summed E-state index contributed by atoms with van der Waals surface area (Å²) in [5, 5.41) is 0.668. The molecule has 0 saturated heterocycles. The zero-order chi connectivity index (χ0) is 15.5. The molecule has 3 nitrogen and oxygen atoms in total. The number of thioether (sulfide) groups is 1. The molecule has 0 N–H and O–H groups in total. The topological polar surface area (TPSA) is 34.9 Å². The SMILES string of the molecule is CC1CC(SCC(=O)c2cncn2[C@H](C)c2ccccc2)C1. The number of carbonyl (C=O) groups is 1. The highest BCUT2D eigenvalue weighted by Gasteiger charge is 2.27. The Kier molecular flexibility index (Phi) is 4.67. The van der Waals surface area contributed by atoms with E-state index in [0.29, 0.717) is 11.0 Å². The van der Waals surface area contributed by atoms with Crippen LogP contribution in [0.25, 0.3) is 0 Å². The molecule has 1 heterocycles. The first-order valence-corrected chi connectivity index (χ1v) is 8.91. The second kappa shape index (κ2) is 6.69. The Morgan fingerprint density at radius 2 is 2.09 bits per heavy atom. The second-order valence-corrected chi connectivity index (χ2v) is 7.49. The summed E-state index contributed by atoms with van der Waals surface area (Å²) in [7, 11) is 0. The van der Waals surface area contributed by atoms with Gasteiger partial charge in [0, 0.05) is 5.25 Å². The largest absolute Gasteiger partial charge is 0.321 e. The van der Waals surface area contributed by atoms with Crippen LogP contribution in [0.1, 0.15) is 48.8 Å². The Morgan fingerprint density at radius 1 is 1.36 bits per heavy atom. The van der Waals surface area contributed by atoms with E-state index in [4.69, 9.17) is 0 Å². The lowest BCUT2D eigenvalue weighted by Crippen LogP contribution is -2.25. The first-order chi connectivity index (χ1) is 10.6. The molecule has 1 aromatic carbocycles. The van der Waals surface area contributed by atoms with Crippen LogP contribution in [-0.2, 0) is 0 Å². The van der Waals surface area contributed by atoms with Crippen molar-refractivity contribution in [3.63, 3.8) is 0 Å². The van der Waals surface area contributed by atoms with Crippen molar-refractivity contribution < 1.29 is 4.79 Å². The predicted octanol–water partition coefficient (Wildman–Crippen LogP) is 4.21. The van der Waals surface area contributed by atoms with Crippen molar-refractivity contribution >= 4 is 17.5 Å². The minimum absolute atomic E-state index is 0.122. The molecule has 3 rings (SSSR count). The van der Waals surface area contributed by atoms with Crippen molar-refractivity contribution in [1.29, 1.82) is 0 Å². The van der Waals surface area contributed by atoms with Gasteiger partial charge in [-0.1, -0.05) is 37.3 Å². The van der Waals surface area contributed by atoms with Crippen LogP contribution in [-0.4, -0.2) is 26.3 Å². The first kappa shape index (κ1) is 15.3. The van der Waals surface area contributed by atoms with Crippen molar-refractivity contribution in [2.75, 3.05) is 5.75 Å². The zero-order valence-corrected chi connectivity index (χ0v) is 13.9. The Hall–Kier alpha value is -1.55. The molecule has 22 heavy (non-hydrogen) atoms. The quantitative estimate of drug-likeness (QED) is 0.749. The van der Waals surface area contributed by atoms with Gasteiger partial charge in [-0.15, -0.1) is 0 Å². The molecular formula is C18H22N2OS. The van der Waals surface area contributed by atoms with Crippen molar-refractivity contribution in [3.05, 3.63) is 54.1 Å². The molecule has 1 fully saturated rings. The number of carbonyl (C=O) groups excluding carboxylic acids is 1. The summed E-state index contributed by atoms with van der Waals surface area (Å²) in [6.07, 6.45) is 5.96. The van der Waals surface area contributed by atoms with Crippen molar-refractivity contribution in [1.82, 2.24) is 9.55 Å². The minimum atomic E-state index is 0.122. The summed E-state index contributed by atoms with van der Waals surface area (Å²) in [5.41, 5.74) is 1.91. The number of imidazole rings is 1. The number of aromatic nitrogens is 2. The minimum Gasteiger partial charge on any atom is -0.321 e. The Bertz CT molecular complexity index is 632. The lowest BCUT2D eigenvalue weighted by Gasteiger charge is -2.31. The molecular weight excluding hydrogens is 292 g/mol. The normalized spacial score (nSPS) is 22.1. The van der Waals surface area contributed by atoms with E-state index >= 15 is 0 Å². The highest BCUT2D eigenvalue weighted by molar-refractivity contribution is 8.00. The number of nitrogens with zero attached hydrogens (tertiary/aromatic N) is 2. The van der Waals surface area contributed by atoms with E-state index in [1.165, 1.54) is 18.4 Å². The van der Waals surface area contributed by atoms with Gasteiger partial charge in [0.25, 0.3) is 0 Å². The predicted molar refractivity (Wildman–Crippen MR) is 91.5 cm³/mol. The molecule has 1 saturated carbocycles. The van der Waals surface area contributed by atoms with Crippen LogP contribution in [0.2, 0.25) is 0 Å². The monoisotopic (exact) mass is 314 g/mol. The van der Waals surface area contributed by atoms with E-state index in [1.54, 1.807) is 24.3 Å². The highest BCUT2D eigenvalue weighted by Crippen LogP contribution is 2.36. The van der Waals surface area contributed by atoms with Gasteiger partial charge in [-0.25, -0.2) is 4.98 Å². The summed E-state index contributed by atoms with van der Waals surface area (Å²) in [5.74, 6) is 1.57. The number of hydrogen-bond acceptors (Lipinski definition) is 3. The lowest BCUT2D eigenvalue weighted by atomic mass is 9.87. The third-order valence-corrected chi connectivity index (χ3v) is 5.72. The summed E-state index contributed by atoms with van der Waals surface area (Å²) >= 11 is 1.80. The van der Waals surface area contributed by atoms with Crippen LogP contribution in [0, 0.1) is 5.92 Å². The third kappa shape index (κ3) is 3.27. The van der Waals surface area contributed by atoms with Gasteiger partial charge in [0.2, 0.25) is 0 Å². The number of rotatable bonds is 6. The van der Waals surface area contributed by atoms with Gasteiger partial charge in [0.1, 0.15) is 5.69 Å². The summed E-state index contributed by atoms with van der Waals surface area (Å²) in [6.45, 7) is 4.38. The number of hydrogen-bond donors (Lipinski definition) is 0. The number of Topliss-reactive ketones (excluding diaryl/α,β-unsaturated/α-hetero) is 1. The molecule has 1 aromatic heterocycles. The van der Waals surface area contributed by atoms with Crippen LogP contribution < -0.4 is 0 Å². The summed E-state index contributed by atoms with van der Waals surface area (Å²) < 4.78 is 1.99. The smallest absolute Gasteiger partial charge is 0.190 e. The Labute approximate surface area is 136 Å². The molecule has 4 heteroatoms. The fourth-order valence-electron chi connectivity index (χ4n) is 2.95. The van der Waals surface area contributed by atoms with Gasteiger partial charge < -0.3 is 4.57 Å². The molecule has 0 amide bonds. The number of ketones is 1. The van der Waals surface area contributed by atoms with Gasteiger partial charge in [-0.3, -0.25) is 4.79 Å². The first-order valence-electron chi connectivity index (χ1n) is 7.86. The standard InChI is InChI=1S/C18H22N2OS/c1-13-8-16(9-13)22-11-18(21)17-10-19-12-20(17)14(2)15-6-4-3-5-7-15/h3-7,10,12-14,16H,8-9,11H2,1-2H3/t13?,14-,16?/m1/s1. The molecule has 116 valence electrons. The maximum atomic E-state index is 12.5. The van der Waals surface area contributed by atoms with E-state index in [2.05, 4.69) is 31.0 Å². The maximum Gasteiger partial charge on any atom is 0.190 e. The van der Waals surface area contributed by atoms with E-state index in [9.17, 15) is 4.79 Å². The molecule has 1 aliphatic carbocycles. The van der Waals surface area contributed by atoms with Gasteiger partial charge in [0.15, 0.2) is 5.78 Å². The average Bonchev–Trinajstić information content (AvgIpc) is 3.00. The maximum absolute atomic E-state index is 12.5.